The zero-order valence-corrected chi connectivity index (χ0v) is 11.5. The van der Waals surface area contributed by atoms with Crippen LogP contribution in [0.4, 0.5) is 0 Å². The van der Waals surface area contributed by atoms with E-state index < -0.39 is 0 Å². The maximum Gasteiger partial charge on any atom is 0.246 e. The fourth-order valence-corrected chi connectivity index (χ4v) is 1.92. The Balaban J connectivity index is 2.63. The number of aromatic nitrogens is 2. The molecular weight excluding hydrogens is 222 g/mol. The normalized spacial score (nSPS) is 12.4. The van der Waals surface area contributed by atoms with Crippen LogP contribution in [0.25, 0.3) is 0 Å². The van der Waals surface area contributed by atoms with Gasteiger partial charge < -0.3 is 9.84 Å². The van der Waals surface area contributed by atoms with E-state index in [9.17, 15) is 0 Å². The number of nitrogens with zero attached hydrogens (tertiary/aromatic N) is 2. The van der Waals surface area contributed by atoms with Crippen molar-refractivity contribution in [1.82, 2.24) is 15.5 Å². The highest BCUT2D eigenvalue weighted by molar-refractivity contribution is 7.99. The predicted octanol–water partition coefficient (Wildman–Crippen LogP) is 2.56. The van der Waals surface area contributed by atoms with E-state index in [0.717, 1.165) is 18.1 Å². The second-order valence-corrected chi connectivity index (χ2v) is 6.10. The second-order valence-electron chi connectivity index (χ2n) is 4.53. The smallest absolute Gasteiger partial charge is 0.246 e. The molecule has 1 aromatic rings. The maximum atomic E-state index is 5.28. The molecule has 1 N–H and O–H groups in total. The summed E-state index contributed by atoms with van der Waals surface area (Å²) in [6.45, 7) is 11.4. The van der Waals surface area contributed by atoms with Crippen LogP contribution in [0.2, 0.25) is 0 Å². The Hall–Kier alpha value is -0.550. The van der Waals surface area contributed by atoms with Gasteiger partial charge in [0.1, 0.15) is 0 Å². The predicted molar refractivity (Wildman–Crippen MR) is 67.4 cm³/mol. The molecule has 0 unspecified atom stereocenters. The molecule has 0 radical (unpaired) electrons. The fraction of sp³-hybridized carbons (Fsp3) is 0.818. The van der Waals surface area contributed by atoms with Gasteiger partial charge in [0.15, 0.2) is 5.82 Å². The van der Waals surface area contributed by atoms with Crippen LogP contribution in [0.3, 0.4) is 0 Å². The third kappa shape index (κ3) is 3.79. The lowest BCUT2D eigenvalue weighted by Gasteiger charge is -2.20. The molecule has 92 valence electrons. The van der Waals surface area contributed by atoms with Crippen LogP contribution in [0.1, 0.15) is 46.3 Å². The molecule has 0 amide bonds. The Morgan fingerprint density at radius 3 is 2.69 bits per heavy atom. The molecule has 0 bridgehead atoms. The van der Waals surface area contributed by atoms with Crippen molar-refractivity contribution in [3.8, 4) is 0 Å². The molecular formula is C11H21N3OS. The third-order valence-electron chi connectivity index (χ3n) is 2.17. The van der Waals surface area contributed by atoms with Gasteiger partial charge in [0, 0.05) is 0 Å². The van der Waals surface area contributed by atoms with Gasteiger partial charge in [-0.1, -0.05) is 25.9 Å². The average Bonchev–Trinajstić information content (AvgIpc) is 2.63. The molecule has 0 spiro atoms. The van der Waals surface area contributed by atoms with Gasteiger partial charge in [-0.05, 0) is 25.6 Å². The van der Waals surface area contributed by atoms with Gasteiger partial charge >= 0.3 is 0 Å². The first kappa shape index (κ1) is 13.5. The third-order valence-corrected chi connectivity index (χ3v) is 3.26. The zero-order chi connectivity index (χ0) is 12.2. The molecule has 0 aliphatic carbocycles. The van der Waals surface area contributed by atoms with Gasteiger partial charge in [-0.25, -0.2) is 0 Å². The van der Waals surface area contributed by atoms with E-state index in [-0.39, 0.29) is 5.54 Å². The van der Waals surface area contributed by atoms with Crippen molar-refractivity contribution in [2.24, 2.45) is 0 Å². The van der Waals surface area contributed by atoms with Crippen LogP contribution < -0.4 is 5.32 Å². The van der Waals surface area contributed by atoms with Gasteiger partial charge in [0.2, 0.25) is 5.89 Å². The summed E-state index contributed by atoms with van der Waals surface area (Å²) in [5.41, 5.74) is -0.248. The van der Waals surface area contributed by atoms with Crippen molar-refractivity contribution in [1.29, 1.82) is 0 Å². The molecule has 0 saturated carbocycles. The highest BCUT2D eigenvalue weighted by Crippen LogP contribution is 2.20. The average molecular weight is 243 g/mol. The molecule has 0 fully saturated rings. The molecule has 0 aliphatic rings. The number of hydrogen-bond donors (Lipinski definition) is 1. The summed E-state index contributed by atoms with van der Waals surface area (Å²) in [6, 6.07) is 0. The van der Waals surface area contributed by atoms with E-state index in [1.807, 2.05) is 25.6 Å². The molecule has 4 nitrogen and oxygen atoms in total. The quantitative estimate of drug-likeness (QED) is 0.832. The Morgan fingerprint density at radius 1 is 1.44 bits per heavy atom. The van der Waals surface area contributed by atoms with E-state index >= 15 is 0 Å². The highest BCUT2D eigenvalue weighted by Gasteiger charge is 2.26. The van der Waals surface area contributed by atoms with E-state index in [1.165, 1.54) is 0 Å². The summed E-state index contributed by atoms with van der Waals surface area (Å²) in [6.07, 6.45) is 0. The minimum absolute atomic E-state index is 0.248. The first-order valence-corrected chi connectivity index (χ1v) is 6.70. The summed E-state index contributed by atoms with van der Waals surface area (Å²) in [7, 11) is 0. The lowest BCUT2D eigenvalue weighted by Crippen LogP contribution is -2.36. The molecule has 0 saturated heterocycles. The number of thioether (sulfide) groups is 1. The fourth-order valence-electron chi connectivity index (χ4n) is 1.33. The van der Waals surface area contributed by atoms with Crippen LogP contribution in [-0.2, 0) is 11.3 Å². The monoisotopic (exact) mass is 243 g/mol. The SMILES string of the molecule is CCNC(C)(C)c1nc(CSC(C)C)no1. The molecule has 5 heteroatoms. The number of hydrogen-bond acceptors (Lipinski definition) is 5. The maximum absolute atomic E-state index is 5.28. The zero-order valence-electron chi connectivity index (χ0n) is 10.7. The summed E-state index contributed by atoms with van der Waals surface area (Å²) < 4.78 is 5.28. The molecule has 1 aromatic heterocycles. The number of rotatable bonds is 6. The highest BCUT2D eigenvalue weighted by atomic mass is 32.2. The lowest BCUT2D eigenvalue weighted by molar-refractivity contribution is 0.271. The molecule has 1 rings (SSSR count). The second kappa shape index (κ2) is 5.68. The summed E-state index contributed by atoms with van der Waals surface area (Å²) in [5, 5.41) is 7.89. The molecule has 0 atom stereocenters. The molecule has 16 heavy (non-hydrogen) atoms. The Kier molecular flexibility index (Phi) is 4.80. The van der Waals surface area contributed by atoms with E-state index in [4.69, 9.17) is 4.52 Å². The van der Waals surface area contributed by atoms with Crippen LogP contribution >= 0.6 is 11.8 Å². The van der Waals surface area contributed by atoms with Gasteiger partial charge in [0.05, 0.1) is 11.3 Å². The van der Waals surface area contributed by atoms with Crippen molar-refractivity contribution < 1.29 is 4.52 Å². The van der Waals surface area contributed by atoms with Gasteiger partial charge in [-0.3, -0.25) is 0 Å². The van der Waals surface area contributed by atoms with Gasteiger partial charge in [-0.2, -0.15) is 16.7 Å². The minimum atomic E-state index is -0.248. The summed E-state index contributed by atoms with van der Waals surface area (Å²) in [5.74, 6) is 2.25. The van der Waals surface area contributed by atoms with Crippen LogP contribution in [-0.4, -0.2) is 21.9 Å². The van der Waals surface area contributed by atoms with E-state index in [1.54, 1.807) is 0 Å². The van der Waals surface area contributed by atoms with Crippen LogP contribution in [0.5, 0.6) is 0 Å². The van der Waals surface area contributed by atoms with Crippen molar-refractivity contribution in [2.45, 2.75) is 51.2 Å². The minimum Gasteiger partial charge on any atom is -0.337 e. The van der Waals surface area contributed by atoms with Crippen molar-refractivity contribution in [2.75, 3.05) is 6.54 Å². The molecule has 0 aliphatic heterocycles. The Morgan fingerprint density at radius 2 is 2.12 bits per heavy atom. The lowest BCUT2D eigenvalue weighted by atomic mass is 10.1. The van der Waals surface area contributed by atoms with E-state index in [0.29, 0.717) is 11.1 Å². The van der Waals surface area contributed by atoms with Gasteiger partial charge in [-0.15, -0.1) is 0 Å². The standard InChI is InChI=1S/C11H21N3OS/c1-6-12-11(4,5)10-13-9(14-15-10)7-16-8(2)3/h8,12H,6-7H2,1-5H3. The first-order chi connectivity index (χ1) is 7.45. The van der Waals surface area contributed by atoms with E-state index in [2.05, 4.69) is 36.2 Å². The first-order valence-electron chi connectivity index (χ1n) is 5.65. The summed E-state index contributed by atoms with van der Waals surface area (Å²) in [4.78, 5) is 4.41. The van der Waals surface area contributed by atoms with Gasteiger partial charge in [0.25, 0.3) is 0 Å². The van der Waals surface area contributed by atoms with Crippen molar-refractivity contribution >= 4 is 11.8 Å². The molecule has 0 aromatic carbocycles. The summed E-state index contributed by atoms with van der Waals surface area (Å²) >= 11 is 1.82. The van der Waals surface area contributed by atoms with Crippen LogP contribution in [0.15, 0.2) is 4.52 Å². The Labute approximate surface area is 102 Å². The van der Waals surface area contributed by atoms with Crippen LogP contribution in [0, 0.1) is 0 Å². The van der Waals surface area contributed by atoms with Crippen molar-refractivity contribution in [3.05, 3.63) is 11.7 Å². The largest absolute Gasteiger partial charge is 0.337 e. The molecule has 1 heterocycles. The topological polar surface area (TPSA) is 51.0 Å². The number of nitrogens with one attached hydrogen (secondary N) is 1. The Bertz CT molecular complexity index is 323. The van der Waals surface area contributed by atoms with Crippen molar-refractivity contribution in [3.63, 3.8) is 0 Å².